The van der Waals surface area contributed by atoms with Crippen molar-refractivity contribution < 1.29 is 19.9 Å². The minimum Gasteiger partial charge on any atom is -0.385 e. The third kappa shape index (κ3) is 2.26. The number of aliphatic hydroxyl groups excluding tert-OH is 2. The van der Waals surface area contributed by atoms with Gasteiger partial charge in [-0.25, -0.2) is 0 Å². The van der Waals surface area contributed by atoms with Crippen molar-refractivity contribution in [1.82, 2.24) is 4.98 Å². The number of hydrogen-bond acceptors (Lipinski definition) is 5. The van der Waals surface area contributed by atoms with Crippen LogP contribution < -0.4 is 5.73 Å². The van der Waals surface area contributed by atoms with Crippen LogP contribution in [0.1, 0.15) is 11.7 Å². The number of primary amides is 1. The van der Waals surface area contributed by atoms with Gasteiger partial charge in [-0.05, 0) is 6.07 Å². The summed E-state index contributed by atoms with van der Waals surface area (Å²) in [4.78, 5) is 23.7. The summed E-state index contributed by atoms with van der Waals surface area (Å²) in [6.07, 6.45) is -1.96. The van der Waals surface area contributed by atoms with Crippen molar-refractivity contribution in [3.05, 3.63) is 40.1 Å². The molecule has 8 heteroatoms. The summed E-state index contributed by atoms with van der Waals surface area (Å²) in [6, 6.07) is 4.03. The highest BCUT2D eigenvalue weighted by molar-refractivity contribution is 5.87. The smallest absolute Gasteiger partial charge is 0.270 e. The first-order valence-electron chi connectivity index (χ1n) is 5.32. The summed E-state index contributed by atoms with van der Waals surface area (Å²) in [7, 11) is 0. The van der Waals surface area contributed by atoms with Crippen LogP contribution >= 0.6 is 0 Å². The predicted octanol–water partition coefficient (Wildman–Crippen LogP) is -0.0443. The number of carbonyl (C=O) groups excluding carboxylic acids is 1. The summed E-state index contributed by atoms with van der Waals surface area (Å²) in [5.41, 5.74) is 5.45. The Morgan fingerprint density at radius 1 is 1.42 bits per heavy atom. The maximum atomic E-state index is 10.8. The number of carbonyl (C=O) groups is 1. The molecule has 2 atom stereocenters. The number of hydrogen-bond donors (Lipinski definition) is 4. The Bertz CT molecular complexity index is 651. The van der Waals surface area contributed by atoms with E-state index in [0.29, 0.717) is 10.9 Å². The Labute approximate surface area is 106 Å². The van der Waals surface area contributed by atoms with E-state index in [0.717, 1.165) is 0 Å². The Morgan fingerprint density at radius 3 is 2.68 bits per heavy atom. The monoisotopic (exact) mass is 265 g/mol. The topological polar surface area (TPSA) is 142 Å². The number of aromatic nitrogens is 1. The lowest BCUT2D eigenvalue weighted by Crippen LogP contribution is -2.33. The highest BCUT2D eigenvalue weighted by Crippen LogP contribution is 2.29. The van der Waals surface area contributed by atoms with Crippen LogP contribution in [0.2, 0.25) is 0 Å². The van der Waals surface area contributed by atoms with Crippen LogP contribution in [0.25, 0.3) is 10.9 Å². The molecule has 0 spiro atoms. The van der Waals surface area contributed by atoms with Crippen molar-refractivity contribution >= 4 is 22.5 Å². The van der Waals surface area contributed by atoms with Gasteiger partial charge in [0.2, 0.25) is 5.91 Å². The molecule has 8 nitrogen and oxygen atoms in total. The molecule has 0 fully saturated rings. The predicted molar refractivity (Wildman–Crippen MR) is 65.1 cm³/mol. The van der Waals surface area contributed by atoms with Crippen molar-refractivity contribution in [3.63, 3.8) is 0 Å². The molecule has 2 aromatic rings. The minimum absolute atomic E-state index is 0.158. The van der Waals surface area contributed by atoms with Crippen LogP contribution in [-0.2, 0) is 4.79 Å². The van der Waals surface area contributed by atoms with Crippen LogP contribution in [0.15, 0.2) is 24.4 Å². The number of nitrogens with zero attached hydrogens (tertiary/aromatic N) is 1. The lowest BCUT2D eigenvalue weighted by atomic mass is 10.0. The van der Waals surface area contributed by atoms with E-state index in [1.54, 1.807) is 0 Å². The summed E-state index contributed by atoms with van der Waals surface area (Å²) in [6.45, 7) is 0. The molecular weight excluding hydrogens is 254 g/mol. The minimum atomic E-state index is -1.78. The van der Waals surface area contributed by atoms with Gasteiger partial charge in [-0.2, -0.15) is 0 Å². The molecule has 1 heterocycles. The Morgan fingerprint density at radius 2 is 2.11 bits per heavy atom. The van der Waals surface area contributed by atoms with E-state index in [4.69, 9.17) is 5.73 Å². The van der Waals surface area contributed by atoms with Gasteiger partial charge in [0, 0.05) is 34.8 Å². The zero-order chi connectivity index (χ0) is 14.2. The number of benzene rings is 1. The van der Waals surface area contributed by atoms with Gasteiger partial charge in [0.15, 0.2) is 6.10 Å². The van der Waals surface area contributed by atoms with Crippen LogP contribution in [0.3, 0.4) is 0 Å². The summed E-state index contributed by atoms with van der Waals surface area (Å²) in [5, 5.41) is 30.3. The van der Waals surface area contributed by atoms with Gasteiger partial charge in [0.1, 0.15) is 6.10 Å². The second-order valence-electron chi connectivity index (χ2n) is 4.02. The average molecular weight is 265 g/mol. The molecule has 1 aromatic carbocycles. The third-order valence-electron chi connectivity index (χ3n) is 2.82. The lowest BCUT2D eigenvalue weighted by molar-refractivity contribution is -0.384. The second-order valence-corrected chi connectivity index (χ2v) is 4.02. The normalized spacial score (nSPS) is 14.2. The third-order valence-corrected chi connectivity index (χ3v) is 2.82. The SMILES string of the molecule is NC(=O)C(O)C(O)c1c[nH]c2ccc([N+](=O)[O-])cc12. The van der Waals surface area contributed by atoms with E-state index in [-0.39, 0.29) is 11.3 Å². The van der Waals surface area contributed by atoms with Crippen molar-refractivity contribution in [2.75, 3.05) is 0 Å². The zero-order valence-corrected chi connectivity index (χ0v) is 9.61. The van der Waals surface area contributed by atoms with E-state index in [1.165, 1.54) is 24.4 Å². The van der Waals surface area contributed by atoms with E-state index in [9.17, 15) is 25.1 Å². The summed E-state index contributed by atoms with van der Waals surface area (Å²) >= 11 is 0. The number of nitro groups is 1. The van der Waals surface area contributed by atoms with Gasteiger partial charge in [-0.3, -0.25) is 14.9 Å². The quantitative estimate of drug-likeness (QED) is 0.453. The lowest BCUT2D eigenvalue weighted by Gasteiger charge is -2.13. The molecule has 2 unspecified atom stereocenters. The van der Waals surface area contributed by atoms with Crippen molar-refractivity contribution in [1.29, 1.82) is 0 Å². The number of fused-ring (bicyclic) bond motifs is 1. The maximum absolute atomic E-state index is 10.8. The zero-order valence-electron chi connectivity index (χ0n) is 9.61. The molecule has 0 saturated carbocycles. The fraction of sp³-hybridized carbons (Fsp3) is 0.182. The standard InChI is InChI=1S/C11H11N3O5/c12-11(17)10(16)9(15)7-4-13-8-2-1-5(14(18)19)3-6(7)8/h1-4,9-10,13,15-16H,(H2,12,17). The average Bonchev–Trinajstić information content (AvgIpc) is 2.79. The van der Waals surface area contributed by atoms with Crippen molar-refractivity contribution in [2.45, 2.75) is 12.2 Å². The molecule has 0 aliphatic carbocycles. The number of nitrogens with one attached hydrogen (secondary N) is 1. The number of rotatable bonds is 4. The molecular formula is C11H11N3O5. The van der Waals surface area contributed by atoms with Crippen LogP contribution in [0.5, 0.6) is 0 Å². The Kier molecular flexibility index (Phi) is 3.19. The number of amides is 1. The summed E-state index contributed by atoms with van der Waals surface area (Å²) < 4.78 is 0. The van der Waals surface area contributed by atoms with E-state index >= 15 is 0 Å². The molecule has 1 amide bonds. The fourth-order valence-electron chi connectivity index (χ4n) is 1.81. The van der Waals surface area contributed by atoms with Crippen LogP contribution in [0.4, 0.5) is 5.69 Å². The molecule has 0 bridgehead atoms. The van der Waals surface area contributed by atoms with Gasteiger partial charge >= 0.3 is 0 Å². The summed E-state index contributed by atoms with van der Waals surface area (Å²) in [5.74, 6) is -1.08. The molecule has 100 valence electrons. The van der Waals surface area contributed by atoms with E-state index in [2.05, 4.69) is 4.98 Å². The molecule has 1 aromatic heterocycles. The van der Waals surface area contributed by atoms with E-state index < -0.39 is 23.0 Å². The van der Waals surface area contributed by atoms with Crippen LogP contribution in [0, 0.1) is 10.1 Å². The first-order chi connectivity index (χ1) is 8.91. The Balaban J connectivity index is 2.52. The molecule has 0 radical (unpaired) electrons. The van der Waals surface area contributed by atoms with E-state index in [1.807, 2.05) is 0 Å². The van der Waals surface area contributed by atoms with Gasteiger partial charge in [0.25, 0.3) is 5.69 Å². The number of non-ortho nitro benzene ring substituents is 1. The van der Waals surface area contributed by atoms with Gasteiger partial charge in [-0.1, -0.05) is 0 Å². The first-order valence-corrected chi connectivity index (χ1v) is 5.32. The largest absolute Gasteiger partial charge is 0.385 e. The number of nitrogens with two attached hydrogens (primary N) is 1. The number of H-pyrrole nitrogens is 1. The van der Waals surface area contributed by atoms with Crippen molar-refractivity contribution in [3.8, 4) is 0 Å². The molecule has 5 N–H and O–H groups in total. The molecule has 0 aliphatic rings. The second kappa shape index (κ2) is 4.67. The van der Waals surface area contributed by atoms with Gasteiger partial charge in [0.05, 0.1) is 4.92 Å². The van der Waals surface area contributed by atoms with Crippen molar-refractivity contribution in [2.24, 2.45) is 5.73 Å². The Hall–Kier alpha value is -2.45. The highest BCUT2D eigenvalue weighted by atomic mass is 16.6. The molecule has 2 rings (SSSR count). The fourth-order valence-corrected chi connectivity index (χ4v) is 1.81. The first kappa shape index (κ1) is 13.0. The maximum Gasteiger partial charge on any atom is 0.270 e. The van der Waals surface area contributed by atoms with Crippen LogP contribution in [-0.4, -0.2) is 32.1 Å². The van der Waals surface area contributed by atoms with Gasteiger partial charge in [-0.15, -0.1) is 0 Å². The number of aliphatic hydroxyl groups is 2. The number of nitro benzene ring substituents is 1. The van der Waals surface area contributed by atoms with Gasteiger partial charge < -0.3 is 20.9 Å². The molecule has 0 aliphatic heterocycles. The molecule has 0 saturated heterocycles. The molecule has 19 heavy (non-hydrogen) atoms. The highest BCUT2D eigenvalue weighted by Gasteiger charge is 2.26. The number of aromatic amines is 1.